The summed E-state index contributed by atoms with van der Waals surface area (Å²) in [6.07, 6.45) is 0. The molecule has 0 fully saturated rings. The lowest BCUT2D eigenvalue weighted by molar-refractivity contribution is 1.18. The number of benzene rings is 13. The Balaban J connectivity index is 0.736. The van der Waals surface area contributed by atoms with Crippen molar-refractivity contribution in [3.05, 3.63) is 315 Å². The predicted molar refractivity (Wildman–Crippen MR) is 339 cm³/mol. The monoisotopic (exact) mass is 1020 g/mol. The summed E-state index contributed by atoms with van der Waals surface area (Å²) in [7, 11) is 0. The molecule has 0 aliphatic carbocycles. The normalized spacial score (nSPS) is 11.5. The molecule has 0 radical (unpaired) electrons. The highest BCUT2D eigenvalue weighted by atomic mass is 15.0. The van der Waals surface area contributed by atoms with Crippen LogP contribution in [0.2, 0.25) is 0 Å². The van der Waals surface area contributed by atoms with E-state index in [1.54, 1.807) is 0 Å². The second kappa shape index (κ2) is 19.8. The molecule has 80 heavy (non-hydrogen) atoms. The molecule has 15 aromatic rings. The first-order chi connectivity index (χ1) is 39.6. The minimum atomic E-state index is 1.15. The van der Waals surface area contributed by atoms with E-state index in [0.29, 0.717) is 0 Å². The van der Waals surface area contributed by atoms with Gasteiger partial charge >= 0.3 is 0 Å². The molecule has 0 aliphatic heterocycles. The smallest absolute Gasteiger partial charge is 0.0541 e. The van der Waals surface area contributed by atoms with Crippen molar-refractivity contribution in [1.29, 1.82) is 0 Å². The van der Waals surface area contributed by atoms with Crippen molar-refractivity contribution in [3.63, 3.8) is 0 Å². The Labute approximate surface area is 466 Å². The number of hydrogen-bond donors (Lipinski definition) is 0. The van der Waals surface area contributed by atoms with Crippen LogP contribution in [0.4, 0.5) is 0 Å². The Morgan fingerprint density at radius 3 is 0.988 bits per heavy atom. The van der Waals surface area contributed by atoms with E-state index < -0.39 is 0 Å². The van der Waals surface area contributed by atoms with Gasteiger partial charge in [-0.25, -0.2) is 0 Å². The molecule has 0 bridgehead atoms. The first-order valence-electron chi connectivity index (χ1n) is 27.5. The maximum atomic E-state index is 2.46. The van der Waals surface area contributed by atoms with Crippen LogP contribution in [-0.4, -0.2) is 9.13 Å². The Bertz CT molecular complexity index is 4810. The van der Waals surface area contributed by atoms with Gasteiger partial charge in [-0.15, -0.1) is 0 Å². The van der Waals surface area contributed by atoms with Gasteiger partial charge in [-0.05, 0) is 162 Å². The van der Waals surface area contributed by atoms with Crippen molar-refractivity contribution < 1.29 is 0 Å². The third kappa shape index (κ3) is 8.39. The Morgan fingerprint density at radius 2 is 0.475 bits per heavy atom. The molecule has 2 nitrogen and oxygen atoms in total. The topological polar surface area (TPSA) is 9.86 Å². The van der Waals surface area contributed by atoms with Crippen LogP contribution in [-0.2, 0) is 0 Å². The van der Waals surface area contributed by atoms with Gasteiger partial charge in [0.1, 0.15) is 0 Å². The summed E-state index contributed by atoms with van der Waals surface area (Å²) in [6, 6.07) is 115. The molecule has 0 aliphatic rings. The fraction of sp³-hybridized carbons (Fsp3) is 0. The van der Waals surface area contributed by atoms with Crippen LogP contribution >= 0.6 is 0 Å². The van der Waals surface area contributed by atoms with Crippen LogP contribution in [0.5, 0.6) is 0 Å². The highest BCUT2D eigenvalue weighted by molar-refractivity contribution is 6.13. The van der Waals surface area contributed by atoms with E-state index in [-0.39, 0.29) is 0 Å². The van der Waals surface area contributed by atoms with Gasteiger partial charge in [-0.3, -0.25) is 0 Å². The van der Waals surface area contributed by atoms with E-state index in [2.05, 4.69) is 325 Å². The molecule has 0 saturated carbocycles. The number of para-hydroxylation sites is 3. The van der Waals surface area contributed by atoms with Crippen LogP contribution in [0.15, 0.2) is 315 Å². The zero-order valence-electron chi connectivity index (χ0n) is 43.9. The number of nitrogens with zero attached hydrogens (tertiary/aromatic N) is 2. The fourth-order valence-electron chi connectivity index (χ4n) is 12.2. The molecule has 0 amide bonds. The van der Waals surface area contributed by atoms with E-state index in [1.807, 2.05) is 0 Å². The Kier molecular flexibility index (Phi) is 11.6. The molecule has 374 valence electrons. The van der Waals surface area contributed by atoms with E-state index in [4.69, 9.17) is 0 Å². The SMILES string of the molecule is c1ccc(-c2cccc(-c3cccc(-c4cccc(-c5ccc(-c6cccc(-c7ccccc7-n7c8ccccc8c8cc(-c9ccc%10c(c9)c9ccccc9n%10-c9cccc(-c%10ccccc%10)c9)ccc87)c6)cc5)c4)c3)c2)cc1. The second-order valence-corrected chi connectivity index (χ2v) is 20.9. The molecule has 2 heterocycles. The van der Waals surface area contributed by atoms with Gasteiger partial charge in [-0.2, -0.15) is 0 Å². The second-order valence-electron chi connectivity index (χ2n) is 20.9. The molecule has 2 heteroatoms. The van der Waals surface area contributed by atoms with Gasteiger partial charge in [0, 0.05) is 32.8 Å². The quantitative estimate of drug-likeness (QED) is 0.129. The summed E-state index contributed by atoms with van der Waals surface area (Å²) >= 11 is 0. The van der Waals surface area contributed by atoms with E-state index in [1.165, 1.54) is 133 Å². The highest BCUT2D eigenvalue weighted by Crippen LogP contribution is 2.41. The van der Waals surface area contributed by atoms with E-state index >= 15 is 0 Å². The first-order valence-corrected chi connectivity index (χ1v) is 27.5. The van der Waals surface area contributed by atoms with Crippen molar-refractivity contribution in [2.45, 2.75) is 0 Å². The third-order valence-electron chi connectivity index (χ3n) is 16.1. The Morgan fingerprint density at radius 1 is 0.163 bits per heavy atom. The summed E-state index contributed by atoms with van der Waals surface area (Å²) in [4.78, 5) is 0. The number of hydrogen-bond acceptors (Lipinski definition) is 0. The molecule has 0 atom stereocenters. The minimum Gasteiger partial charge on any atom is -0.309 e. The molecule has 0 unspecified atom stereocenters. The van der Waals surface area contributed by atoms with Crippen LogP contribution in [0.25, 0.3) is 144 Å². The largest absolute Gasteiger partial charge is 0.309 e. The summed E-state index contributed by atoms with van der Waals surface area (Å²) in [5.41, 5.74) is 26.2. The lowest BCUT2D eigenvalue weighted by atomic mass is 9.94. The van der Waals surface area contributed by atoms with Crippen molar-refractivity contribution in [2.75, 3.05) is 0 Å². The van der Waals surface area contributed by atoms with Gasteiger partial charge in [-0.1, -0.05) is 237 Å². The first kappa shape index (κ1) is 46.7. The summed E-state index contributed by atoms with van der Waals surface area (Å²) in [6.45, 7) is 0. The molecule has 2 aromatic heterocycles. The molecule has 13 aromatic carbocycles. The molecule has 0 spiro atoms. The van der Waals surface area contributed by atoms with Gasteiger partial charge in [0.2, 0.25) is 0 Å². The fourth-order valence-corrected chi connectivity index (χ4v) is 12.2. The number of aromatic nitrogens is 2. The molecule has 0 saturated heterocycles. The lowest BCUT2D eigenvalue weighted by Crippen LogP contribution is -1.97. The number of rotatable bonds is 10. The van der Waals surface area contributed by atoms with Gasteiger partial charge in [0.05, 0.1) is 27.8 Å². The molecule has 15 rings (SSSR count). The van der Waals surface area contributed by atoms with Crippen LogP contribution in [0.3, 0.4) is 0 Å². The predicted octanol–water partition coefficient (Wildman–Crippen LogP) is 21.2. The number of fused-ring (bicyclic) bond motifs is 6. The summed E-state index contributed by atoms with van der Waals surface area (Å²) < 4.78 is 4.87. The van der Waals surface area contributed by atoms with Gasteiger partial charge in [0.15, 0.2) is 0 Å². The van der Waals surface area contributed by atoms with Crippen LogP contribution in [0, 0.1) is 0 Å². The summed E-state index contributed by atoms with van der Waals surface area (Å²) in [5.74, 6) is 0. The molecular weight excluding hydrogens is 965 g/mol. The average Bonchev–Trinajstić information content (AvgIpc) is 4.13. The zero-order chi connectivity index (χ0) is 52.9. The molecule has 0 N–H and O–H groups in total. The highest BCUT2D eigenvalue weighted by Gasteiger charge is 2.19. The lowest BCUT2D eigenvalue weighted by Gasteiger charge is -2.15. The Hall–Kier alpha value is -10.5. The zero-order valence-corrected chi connectivity index (χ0v) is 43.9. The molecular formula is C78H52N2. The van der Waals surface area contributed by atoms with Gasteiger partial charge < -0.3 is 9.13 Å². The maximum Gasteiger partial charge on any atom is 0.0541 e. The van der Waals surface area contributed by atoms with Crippen molar-refractivity contribution in [2.24, 2.45) is 0 Å². The van der Waals surface area contributed by atoms with E-state index in [9.17, 15) is 0 Å². The van der Waals surface area contributed by atoms with Crippen molar-refractivity contribution >= 4 is 43.6 Å². The third-order valence-corrected chi connectivity index (χ3v) is 16.1. The van der Waals surface area contributed by atoms with Crippen LogP contribution < -0.4 is 0 Å². The standard InChI is InChI=1S/C78H52N2/c1-3-18-53(19-4-1)57-22-13-25-60(46-57)62-27-15-28-63(48-62)61-26-14-23-58(47-61)55-38-40-56(41-39-55)59-24-16-30-67(49-59)69-32-7-10-35-74(69)80-76-37-12-9-34-71(76)73-52-66(43-45-78(73)80)65-42-44-77-72(51-65)70-33-8-11-36-75(70)79(77)68-31-17-29-64(50-68)54-20-5-2-6-21-54/h1-52H. The summed E-state index contributed by atoms with van der Waals surface area (Å²) in [5, 5.41) is 4.94. The van der Waals surface area contributed by atoms with Crippen molar-refractivity contribution in [3.8, 4) is 100 Å². The van der Waals surface area contributed by atoms with Crippen LogP contribution in [0.1, 0.15) is 0 Å². The van der Waals surface area contributed by atoms with E-state index in [0.717, 1.165) is 11.4 Å². The maximum absolute atomic E-state index is 2.46. The minimum absolute atomic E-state index is 1.15. The average molecular weight is 1020 g/mol. The van der Waals surface area contributed by atoms with Crippen molar-refractivity contribution in [1.82, 2.24) is 9.13 Å². The van der Waals surface area contributed by atoms with Gasteiger partial charge in [0.25, 0.3) is 0 Å².